The Labute approximate surface area is 140 Å². The van der Waals surface area contributed by atoms with E-state index in [9.17, 15) is 0 Å². The largest absolute Gasteiger partial charge is 0.483 e. The summed E-state index contributed by atoms with van der Waals surface area (Å²) in [6.45, 7) is 0.311. The molecule has 0 spiro atoms. The Balaban J connectivity index is 2.26. The molecule has 2 aromatic rings. The summed E-state index contributed by atoms with van der Waals surface area (Å²) in [6.07, 6.45) is -0.318. The van der Waals surface area contributed by atoms with Gasteiger partial charge >= 0.3 is 0 Å². The van der Waals surface area contributed by atoms with Crippen molar-refractivity contribution in [2.24, 2.45) is 5.73 Å². The Morgan fingerprint density at radius 2 is 1.70 bits per heavy atom. The first-order valence-electron chi connectivity index (χ1n) is 5.78. The molecule has 0 aliphatic heterocycles. The third-order valence-corrected chi connectivity index (χ3v) is 4.44. The fourth-order valence-electron chi connectivity index (χ4n) is 1.68. The molecule has 2 nitrogen and oxygen atoms in total. The summed E-state index contributed by atoms with van der Waals surface area (Å²) in [5.41, 5.74) is 6.69. The Bertz CT molecular complexity index is 604. The van der Waals surface area contributed by atoms with Crippen LogP contribution >= 0.6 is 50.7 Å². The van der Waals surface area contributed by atoms with Gasteiger partial charge in [0, 0.05) is 22.1 Å². The van der Waals surface area contributed by atoms with E-state index in [2.05, 4.69) is 15.9 Å². The number of nitrogens with two attached hydrogens (primary N) is 1. The van der Waals surface area contributed by atoms with Crippen molar-refractivity contribution in [3.63, 3.8) is 0 Å². The zero-order valence-corrected chi connectivity index (χ0v) is 14.1. The smallest absolute Gasteiger partial charge is 0.140 e. The first kappa shape index (κ1) is 15.9. The summed E-state index contributed by atoms with van der Waals surface area (Å²) in [5.74, 6) is 0.491. The number of halogens is 4. The molecule has 20 heavy (non-hydrogen) atoms. The highest BCUT2D eigenvalue weighted by atomic mass is 79.9. The molecule has 6 heteroatoms. The van der Waals surface area contributed by atoms with Gasteiger partial charge in [0.2, 0.25) is 0 Å². The van der Waals surface area contributed by atoms with Crippen LogP contribution < -0.4 is 10.5 Å². The van der Waals surface area contributed by atoms with Crippen molar-refractivity contribution in [3.05, 3.63) is 61.5 Å². The molecule has 0 fully saturated rings. The highest BCUT2D eigenvalue weighted by Crippen LogP contribution is 2.36. The highest BCUT2D eigenvalue weighted by Gasteiger charge is 2.15. The molecule has 0 radical (unpaired) electrons. The van der Waals surface area contributed by atoms with Crippen LogP contribution in [0.2, 0.25) is 15.1 Å². The normalized spacial score (nSPS) is 12.2. The van der Waals surface area contributed by atoms with E-state index in [1.807, 2.05) is 12.1 Å². The van der Waals surface area contributed by atoms with Gasteiger partial charge in [0.05, 0.1) is 10.0 Å². The minimum Gasteiger partial charge on any atom is -0.483 e. The van der Waals surface area contributed by atoms with Crippen LogP contribution in [0.5, 0.6) is 5.75 Å². The summed E-state index contributed by atoms with van der Waals surface area (Å²) in [6, 6.07) is 10.7. The Morgan fingerprint density at radius 1 is 1.05 bits per heavy atom. The molecule has 0 bridgehead atoms. The summed E-state index contributed by atoms with van der Waals surface area (Å²) in [5, 5.41) is 1.65. The van der Waals surface area contributed by atoms with Gasteiger partial charge in [-0.2, -0.15) is 0 Å². The molecule has 2 aromatic carbocycles. The van der Waals surface area contributed by atoms with E-state index >= 15 is 0 Å². The van der Waals surface area contributed by atoms with E-state index < -0.39 is 0 Å². The molecule has 0 amide bonds. The Kier molecular flexibility index (Phi) is 5.58. The molecule has 0 saturated heterocycles. The number of benzene rings is 2. The number of hydrogen-bond donors (Lipinski definition) is 1. The first-order chi connectivity index (χ1) is 9.51. The summed E-state index contributed by atoms with van der Waals surface area (Å²) >= 11 is 21.4. The zero-order valence-electron chi connectivity index (χ0n) is 10.2. The number of ether oxygens (including phenoxy) is 1. The second-order valence-electron chi connectivity index (χ2n) is 4.09. The second kappa shape index (κ2) is 7.01. The third kappa shape index (κ3) is 3.80. The average molecular weight is 396 g/mol. The fraction of sp³-hybridized carbons (Fsp3) is 0.143. The van der Waals surface area contributed by atoms with Gasteiger partial charge in [-0.1, -0.05) is 46.9 Å². The van der Waals surface area contributed by atoms with E-state index in [-0.39, 0.29) is 6.10 Å². The van der Waals surface area contributed by atoms with Crippen molar-refractivity contribution >= 4 is 50.7 Å². The van der Waals surface area contributed by atoms with Gasteiger partial charge in [-0.3, -0.25) is 0 Å². The van der Waals surface area contributed by atoms with Crippen LogP contribution in [-0.2, 0) is 0 Å². The molecule has 1 atom stereocenters. The molecule has 0 aliphatic carbocycles. The molecule has 0 heterocycles. The predicted octanol–water partition coefficient (Wildman–Crippen LogP) is 5.49. The second-order valence-corrected chi connectivity index (χ2v) is 6.20. The molecular formula is C14H11BrCl3NO. The van der Waals surface area contributed by atoms with E-state index in [0.717, 1.165) is 5.56 Å². The lowest BCUT2D eigenvalue weighted by molar-refractivity contribution is 0.214. The zero-order chi connectivity index (χ0) is 14.7. The van der Waals surface area contributed by atoms with Crippen LogP contribution in [0.1, 0.15) is 11.7 Å². The van der Waals surface area contributed by atoms with Crippen molar-refractivity contribution in [1.82, 2.24) is 0 Å². The fourth-order valence-corrected chi connectivity index (χ4v) is 2.64. The molecule has 2 N–H and O–H groups in total. The van der Waals surface area contributed by atoms with Crippen molar-refractivity contribution in [3.8, 4) is 5.75 Å². The lowest BCUT2D eigenvalue weighted by Crippen LogP contribution is -2.18. The average Bonchev–Trinajstić information content (AvgIpc) is 2.42. The molecule has 106 valence electrons. The quantitative estimate of drug-likeness (QED) is 0.695. The van der Waals surface area contributed by atoms with Gasteiger partial charge < -0.3 is 10.5 Å². The molecule has 1 unspecified atom stereocenters. The summed E-state index contributed by atoms with van der Waals surface area (Å²) in [4.78, 5) is 0. The van der Waals surface area contributed by atoms with E-state index in [0.29, 0.717) is 31.8 Å². The SMILES string of the molecule is NCC(Oc1cc(Cl)c(Br)cc1Cl)c1ccc(Cl)cc1. The monoisotopic (exact) mass is 393 g/mol. The van der Waals surface area contributed by atoms with E-state index in [1.165, 1.54) is 0 Å². The maximum Gasteiger partial charge on any atom is 0.140 e. The molecular weight excluding hydrogens is 384 g/mol. The Morgan fingerprint density at radius 3 is 2.30 bits per heavy atom. The van der Waals surface area contributed by atoms with Crippen LogP contribution in [0.3, 0.4) is 0 Å². The van der Waals surface area contributed by atoms with Crippen LogP contribution in [-0.4, -0.2) is 6.54 Å². The number of hydrogen-bond acceptors (Lipinski definition) is 2. The topological polar surface area (TPSA) is 35.2 Å². The minimum atomic E-state index is -0.318. The van der Waals surface area contributed by atoms with Crippen molar-refractivity contribution in [1.29, 1.82) is 0 Å². The highest BCUT2D eigenvalue weighted by molar-refractivity contribution is 9.10. The lowest BCUT2D eigenvalue weighted by atomic mass is 10.1. The molecule has 2 rings (SSSR count). The molecule has 0 aromatic heterocycles. The van der Waals surface area contributed by atoms with Crippen molar-refractivity contribution in [2.75, 3.05) is 6.54 Å². The van der Waals surface area contributed by atoms with Gasteiger partial charge in [0.25, 0.3) is 0 Å². The van der Waals surface area contributed by atoms with E-state index in [4.69, 9.17) is 45.3 Å². The van der Waals surface area contributed by atoms with Crippen LogP contribution in [0, 0.1) is 0 Å². The summed E-state index contributed by atoms with van der Waals surface area (Å²) < 4.78 is 6.57. The van der Waals surface area contributed by atoms with Crippen molar-refractivity contribution in [2.45, 2.75) is 6.10 Å². The summed E-state index contributed by atoms with van der Waals surface area (Å²) in [7, 11) is 0. The maximum atomic E-state index is 6.14. The third-order valence-electron chi connectivity index (χ3n) is 2.70. The maximum absolute atomic E-state index is 6.14. The van der Waals surface area contributed by atoms with Gasteiger partial charge in [-0.25, -0.2) is 0 Å². The molecule has 0 aliphatic rings. The van der Waals surface area contributed by atoms with Crippen LogP contribution in [0.15, 0.2) is 40.9 Å². The molecule has 0 saturated carbocycles. The van der Waals surface area contributed by atoms with Gasteiger partial charge in [0.15, 0.2) is 0 Å². The minimum absolute atomic E-state index is 0.311. The standard InChI is InChI=1S/C14H11BrCl3NO/c15-10-5-12(18)13(6-11(10)17)20-14(7-19)8-1-3-9(16)4-2-8/h1-6,14H,7,19H2. The van der Waals surface area contributed by atoms with Gasteiger partial charge in [0.1, 0.15) is 11.9 Å². The van der Waals surface area contributed by atoms with Gasteiger partial charge in [-0.05, 0) is 39.7 Å². The number of rotatable bonds is 4. The van der Waals surface area contributed by atoms with E-state index in [1.54, 1.807) is 24.3 Å². The first-order valence-corrected chi connectivity index (χ1v) is 7.70. The van der Waals surface area contributed by atoms with Crippen molar-refractivity contribution < 1.29 is 4.74 Å². The van der Waals surface area contributed by atoms with Crippen LogP contribution in [0.25, 0.3) is 0 Å². The van der Waals surface area contributed by atoms with Crippen LogP contribution in [0.4, 0.5) is 0 Å². The van der Waals surface area contributed by atoms with Gasteiger partial charge in [-0.15, -0.1) is 0 Å². The Hall–Kier alpha value is -0.450. The predicted molar refractivity (Wildman–Crippen MR) is 88.0 cm³/mol. The lowest BCUT2D eigenvalue weighted by Gasteiger charge is -2.19.